The van der Waals surface area contributed by atoms with Crippen LogP contribution in [0.2, 0.25) is 0 Å². The number of anilines is 1. The average Bonchev–Trinajstić information content (AvgIpc) is 2.38. The summed E-state index contributed by atoms with van der Waals surface area (Å²) >= 11 is 0. The Morgan fingerprint density at radius 3 is 3.24 bits per heavy atom. The lowest BCUT2D eigenvalue weighted by Gasteiger charge is -2.33. The van der Waals surface area contributed by atoms with Gasteiger partial charge in [-0.25, -0.2) is 4.98 Å². The highest BCUT2D eigenvalue weighted by Gasteiger charge is 2.20. The Morgan fingerprint density at radius 2 is 2.53 bits per heavy atom. The first-order chi connectivity index (χ1) is 8.22. The maximum Gasteiger partial charge on any atom is 0.252 e. The summed E-state index contributed by atoms with van der Waals surface area (Å²) in [4.78, 5) is 20.7. The van der Waals surface area contributed by atoms with Gasteiger partial charge in [-0.15, -0.1) is 0 Å². The van der Waals surface area contributed by atoms with Crippen LogP contribution in [0.25, 0.3) is 0 Å². The highest BCUT2D eigenvalue weighted by Crippen LogP contribution is 2.13. The van der Waals surface area contributed by atoms with Gasteiger partial charge >= 0.3 is 0 Å². The number of nitrogens with zero attached hydrogens (tertiary/aromatic N) is 2. The Bertz CT molecular complexity index is 432. The fraction of sp³-hybridized carbons (Fsp3) is 0.636. The number of hydrogen-bond donors (Lipinski definition) is 2. The molecule has 1 saturated heterocycles. The molecule has 0 aliphatic carbocycles. The van der Waals surface area contributed by atoms with Crippen LogP contribution in [0, 0.1) is 0 Å². The lowest BCUT2D eigenvalue weighted by Crippen LogP contribution is -2.46. The minimum Gasteiger partial charge on any atom is -0.373 e. The van der Waals surface area contributed by atoms with Gasteiger partial charge in [-0.1, -0.05) is 6.92 Å². The molecule has 0 radical (unpaired) electrons. The second-order valence-corrected chi connectivity index (χ2v) is 4.08. The number of aromatic amines is 1. The van der Waals surface area contributed by atoms with Crippen LogP contribution >= 0.6 is 0 Å². The molecule has 0 saturated carbocycles. The number of nitrogens with two attached hydrogens (primary N) is 1. The van der Waals surface area contributed by atoms with Gasteiger partial charge in [-0.2, -0.15) is 0 Å². The molecule has 0 spiro atoms. The molecular weight excluding hydrogens is 220 g/mol. The lowest BCUT2D eigenvalue weighted by molar-refractivity contribution is 0.0462. The summed E-state index contributed by atoms with van der Waals surface area (Å²) in [5, 5.41) is 0. The van der Waals surface area contributed by atoms with Crippen LogP contribution in [0.1, 0.15) is 12.7 Å². The predicted octanol–water partition coefficient (Wildman–Crippen LogP) is -0.504. The monoisotopic (exact) mass is 238 g/mol. The van der Waals surface area contributed by atoms with Crippen LogP contribution in [0.5, 0.6) is 0 Å². The molecule has 94 valence electrons. The fourth-order valence-corrected chi connectivity index (χ4v) is 1.89. The molecule has 6 nitrogen and oxygen atoms in total. The van der Waals surface area contributed by atoms with Crippen molar-refractivity contribution >= 4 is 5.82 Å². The molecule has 1 aliphatic heterocycles. The van der Waals surface area contributed by atoms with E-state index in [4.69, 9.17) is 10.5 Å². The van der Waals surface area contributed by atoms with E-state index < -0.39 is 0 Å². The Kier molecular flexibility index (Phi) is 3.75. The quantitative estimate of drug-likeness (QED) is 0.741. The average molecular weight is 238 g/mol. The number of morpholine rings is 1. The van der Waals surface area contributed by atoms with E-state index in [1.165, 1.54) is 6.07 Å². The summed E-state index contributed by atoms with van der Waals surface area (Å²) in [5.74, 6) is 1.43. The molecule has 1 fully saturated rings. The fourth-order valence-electron chi connectivity index (χ4n) is 1.89. The molecule has 1 aromatic rings. The van der Waals surface area contributed by atoms with Gasteiger partial charge in [0.1, 0.15) is 11.6 Å². The third-order valence-corrected chi connectivity index (χ3v) is 2.84. The van der Waals surface area contributed by atoms with Crippen molar-refractivity contribution in [1.82, 2.24) is 9.97 Å². The van der Waals surface area contributed by atoms with Gasteiger partial charge in [0.25, 0.3) is 5.56 Å². The van der Waals surface area contributed by atoms with Crippen molar-refractivity contribution in [2.75, 3.05) is 31.1 Å². The Morgan fingerprint density at radius 1 is 1.71 bits per heavy atom. The Labute approximate surface area is 99.8 Å². The van der Waals surface area contributed by atoms with Crippen LogP contribution < -0.4 is 16.2 Å². The highest BCUT2D eigenvalue weighted by atomic mass is 16.5. The predicted molar refractivity (Wildman–Crippen MR) is 65.2 cm³/mol. The number of aryl methyl sites for hydroxylation is 1. The maximum atomic E-state index is 11.5. The summed E-state index contributed by atoms with van der Waals surface area (Å²) in [6.07, 6.45) is 0.739. The first-order valence-corrected chi connectivity index (χ1v) is 5.89. The van der Waals surface area contributed by atoms with E-state index in [-0.39, 0.29) is 11.7 Å². The van der Waals surface area contributed by atoms with E-state index in [0.29, 0.717) is 37.8 Å². The highest BCUT2D eigenvalue weighted by molar-refractivity contribution is 5.38. The first kappa shape index (κ1) is 12.1. The topological polar surface area (TPSA) is 84.2 Å². The SMILES string of the molecule is CCc1nc(N2CCOC(CN)C2)cc(=O)[nH]1. The zero-order valence-electron chi connectivity index (χ0n) is 9.98. The molecule has 1 aromatic heterocycles. The van der Waals surface area contributed by atoms with E-state index in [2.05, 4.69) is 14.9 Å². The number of H-pyrrole nitrogens is 1. The summed E-state index contributed by atoms with van der Waals surface area (Å²) in [6.45, 7) is 4.51. The van der Waals surface area contributed by atoms with Crippen molar-refractivity contribution in [2.24, 2.45) is 5.73 Å². The molecule has 1 aliphatic rings. The molecule has 2 heterocycles. The van der Waals surface area contributed by atoms with Crippen LogP contribution in [0.3, 0.4) is 0 Å². The Hall–Kier alpha value is -1.40. The van der Waals surface area contributed by atoms with Crippen molar-refractivity contribution in [3.05, 3.63) is 22.2 Å². The maximum absolute atomic E-state index is 11.5. The number of hydrogen-bond acceptors (Lipinski definition) is 5. The third-order valence-electron chi connectivity index (χ3n) is 2.84. The summed E-state index contributed by atoms with van der Waals surface area (Å²) in [5.41, 5.74) is 5.48. The summed E-state index contributed by atoms with van der Waals surface area (Å²) < 4.78 is 5.49. The smallest absolute Gasteiger partial charge is 0.252 e. The Balaban J connectivity index is 2.21. The van der Waals surface area contributed by atoms with E-state index >= 15 is 0 Å². The van der Waals surface area contributed by atoms with Gasteiger partial charge in [0, 0.05) is 32.1 Å². The normalized spacial score (nSPS) is 20.6. The van der Waals surface area contributed by atoms with Crippen LogP contribution in [0.15, 0.2) is 10.9 Å². The minimum absolute atomic E-state index is 0.0231. The van der Waals surface area contributed by atoms with E-state index in [1.807, 2.05) is 6.92 Å². The van der Waals surface area contributed by atoms with E-state index in [0.717, 1.165) is 6.54 Å². The van der Waals surface area contributed by atoms with Gasteiger partial charge in [0.15, 0.2) is 0 Å². The van der Waals surface area contributed by atoms with E-state index in [9.17, 15) is 4.79 Å². The largest absolute Gasteiger partial charge is 0.373 e. The first-order valence-electron chi connectivity index (χ1n) is 5.89. The van der Waals surface area contributed by atoms with E-state index in [1.54, 1.807) is 0 Å². The number of ether oxygens (including phenoxy) is 1. The van der Waals surface area contributed by atoms with Crippen LogP contribution in [-0.4, -0.2) is 42.3 Å². The molecule has 3 N–H and O–H groups in total. The molecule has 2 rings (SSSR count). The van der Waals surface area contributed by atoms with Crippen LogP contribution in [0.4, 0.5) is 5.82 Å². The number of nitrogens with one attached hydrogen (secondary N) is 1. The zero-order valence-corrected chi connectivity index (χ0v) is 9.98. The number of aromatic nitrogens is 2. The van der Waals surface area contributed by atoms with Gasteiger partial charge < -0.3 is 20.4 Å². The zero-order chi connectivity index (χ0) is 12.3. The van der Waals surface area contributed by atoms with Gasteiger partial charge in [0.05, 0.1) is 12.7 Å². The molecule has 0 aromatic carbocycles. The number of rotatable bonds is 3. The van der Waals surface area contributed by atoms with Crippen molar-refractivity contribution in [1.29, 1.82) is 0 Å². The molecule has 0 bridgehead atoms. The van der Waals surface area contributed by atoms with Crippen LogP contribution in [-0.2, 0) is 11.2 Å². The molecule has 0 amide bonds. The third kappa shape index (κ3) is 2.83. The van der Waals surface area contributed by atoms with Crippen molar-refractivity contribution in [3.63, 3.8) is 0 Å². The molecule has 17 heavy (non-hydrogen) atoms. The summed E-state index contributed by atoms with van der Waals surface area (Å²) in [6, 6.07) is 1.53. The van der Waals surface area contributed by atoms with Gasteiger partial charge in [0.2, 0.25) is 0 Å². The molecule has 1 atom stereocenters. The molecular formula is C11H18N4O2. The van der Waals surface area contributed by atoms with Crippen molar-refractivity contribution in [3.8, 4) is 0 Å². The van der Waals surface area contributed by atoms with Gasteiger partial charge in [-0.05, 0) is 0 Å². The minimum atomic E-state index is -0.109. The standard InChI is InChI=1S/C11H18N4O2/c1-2-9-13-10(5-11(16)14-9)15-3-4-17-8(6-12)7-15/h5,8H,2-4,6-7,12H2,1H3,(H,13,14,16). The van der Waals surface area contributed by atoms with Crippen molar-refractivity contribution < 1.29 is 4.74 Å². The second kappa shape index (κ2) is 5.29. The van der Waals surface area contributed by atoms with Gasteiger partial charge in [-0.3, -0.25) is 4.79 Å². The van der Waals surface area contributed by atoms with Crippen molar-refractivity contribution in [2.45, 2.75) is 19.4 Å². The molecule has 6 heteroatoms. The summed E-state index contributed by atoms with van der Waals surface area (Å²) in [7, 11) is 0. The molecule has 1 unspecified atom stereocenters. The lowest BCUT2D eigenvalue weighted by atomic mass is 10.2. The second-order valence-electron chi connectivity index (χ2n) is 4.08.